The molecular weight excluding hydrogens is 216 g/mol. The van der Waals surface area contributed by atoms with Crippen LogP contribution in [0, 0.1) is 0 Å². The van der Waals surface area contributed by atoms with Crippen LogP contribution in [-0.2, 0) is 0 Å². The molecule has 1 heterocycles. The molecule has 1 aromatic heterocycles. The number of carboxylic acids is 1. The minimum absolute atomic E-state index is 0.0610. The summed E-state index contributed by atoms with van der Waals surface area (Å²) in [5.41, 5.74) is -0.0610. The standard InChI is InChI=1S/C9H12N2O3S/c1-6(2-3-12)15-8-5-10-7(4-11-8)9(13)14/h4-6,12H,2-3H2,1H3,(H,13,14). The SMILES string of the molecule is CC(CCO)Sc1cnc(C(=O)O)cn1. The van der Waals surface area contributed by atoms with Crippen LogP contribution >= 0.6 is 11.8 Å². The van der Waals surface area contributed by atoms with Gasteiger partial charge in [-0.25, -0.2) is 14.8 Å². The van der Waals surface area contributed by atoms with E-state index in [9.17, 15) is 4.79 Å². The van der Waals surface area contributed by atoms with Crippen LogP contribution in [0.3, 0.4) is 0 Å². The van der Waals surface area contributed by atoms with Gasteiger partial charge in [0, 0.05) is 11.9 Å². The van der Waals surface area contributed by atoms with E-state index in [1.807, 2.05) is 6.92 Å². The summed E-state index contributed by atoms with van der Waals surface area (Å²) in [7, 11) is 0. The van der Waals surface area contributed by atoms with E-state index in [4.69, 9.17) is 10.2 Å². The zero-order valence-electron chi connectivity index (χ0n) is 8.25. The van der Waals surface area contributed by atoms with Crippen LogP contribution < -0.4 is 0 Å². The first-order valence-corrected chi connectivity index (χ1v) is 5.34. The second kappa shape index (κ2) is 5.67. The molecule has 0 bridgehead atoms. The Hall–Kier alpha value is -1.14. The minimum atomic E-state index is -1.08. The third-order valence-corrected chi connectivity index (χ3v) is 2.80. The van der Waals surface area contributed by atoms with E-state index in [2.05, 4.69) is 9.97 Å². The van der Waals surface area contributed by atoms with E-state index >= 15 is 0 Å². The van der Waals surface area contributed by atoms with E-state index in [0.29, 0.717) is 11.4 Å². The molecule has 0 aliphatic carbocycles. The van der Waals surface area contributed by atoms with Crippen LogP contribution in [0.25, 0.3) is 0 Å². The second-order valence-electron chi connectivity index (χ2n) is 2.99. The number of aliphatic hydroxyl groups excluding tert-OH is 1. The summed E-state index contributed by atoms with van der Waals surface area (Å²) < 4.78 is 0. The van der Waals surface area contributed by atoms with Crippen molar-refractivity contribution in [2.24, 2.45) is 0 Å². The predicted molar refractivity (Wildman–Crippen MR) is 56.0 cm³/mol. The number of hydrogen-bond donors (Lipinski definition) is 2. The normalized spacial score (nSPS) is 12.4. The number of carboxylic acid groups (broad SMARTS) is 1. The van der Waals surface area contributed by atoms with Crippen LogP contribution in [0.15, 0.2) is 17.4 Å². The molecule has 15 heavy (non-hydrogen) atoms. The van der Waals surface area contributed by atoms with Gasteiger partial charge in [-0.15, -0.1) is 11.8 Å². The van der Waals surface area contributed by atoms with E-state index in [0.717, 1.165) is 0 Å². The smallest absolute Gasteiger partial charge is 0.356 e. The lowest BCUT2D eigenvalue weighted by molar-refractivity contribution is 0.0689. The number of aromatic nitrogens is 2. The van der Waals surface area contributed by atoms with Gasteiger partial charge in [0.25, 0.3) is 0 Å². The summed E-state index contributed by atoms with van der Waals surface area (Å²) >= 11 is 1.46. The number of aromatic carboxylic acids is 1. The molecule has 0 aliphatic rings. The summed E-state index contributed by atoms with van der Waals surface area (Å²) in [6.45, 7) is 2.10. The van der Waals surface area contributed by atoms with Crippen molar-refractivity contribution < 1.29 is 15.0 Å². The lowest BCUT2D eigenvalue weighted by Gasteiger charge is -2.07. The van der Waals surface area contributed by atoms with Gasteiger partial charge in [0.2, 0.25) is 0 Å². The van der Waals surface area contributed by atoms with Crippen LogP contribution in [0.4, 0.5) is 0 Å². The fraction of sp³-hybridized carbons (Fsp3) is 0.444. The van der Waals surface area contributed by atoms with Gasteiger partial charge in [0.1, 0.15) is 5.03 Å². The molecule has 5 nitrogen and oxygen atoms in total. The predicted octanol–water partition coefficient (Wildman–Crippen LogP) is 1.04. The first-order valence-electron chi connectivity index (χ1n) is 4.46. The van der Waals surface area contributed by atoms with Crippen LogP contribution in [0.5, 0.6) is 0 Å². The van der Waals surface area contributed by atoms with Crippen molar-refractivity contribution in [3.63, 3.8) is 0 Å². The van der Waals surface area contributed by atoms with E-state index in [1.54, 1.807) is 0 Å². The fourth-order valence-electron chi connectivity index (χ4n) is 0.934. The summed E-state index contributed by atoms with van der Waals surface area (Å²) in [5.74, 6) is -1.08. The molecule has 1 aromatic rings. The Morgan fingerprint density at radius 3 is 2.73 bits per heavy atom. The molecule has 0 saturated carbocycles. The second-order valence-corrected chi connectivity index (χ2v) is 4.44. The van der Waals surface area contributed by atoms with Crippen molar-refractivity contribution >= 4 is 17.7 Å². The maximum absolute atomic E-state index is 10.5. The third-order valence-electron chi connectivity index (χ3n) is 1.70. The topological polar surface area (TPSA) is 83.3 Å². The van der Waals surface area contributed by atoms with Gasteiger partial charge in [-0.2, -0.15) is 0 Å². The Balaban J connectivity index is 2.60. The molecule has 0 aliphatic heterocycles. The Bertz CT molecular complexity index is 329. The molecule has 1 unspecified atom stereocenters. The van der Waals surface area contributed by atoms with Crippen molar-refractivity contribution in [1.82, 2.24) is 9.97 Å². The fourth-order valence-corrected chi connectivity index (χ4v) is 1.80. The van der Waals surface area contributed by atoms with Crippen molar-refractivity contribution in [1.29, 1.82) is 0 Å². The summed E-state index contributed by atoms with van der Waals surface area (Å²) in [5, 5.41) is 18.2. The van der Waals surface area contributed by atoms with Crippen LogP contribution in [-0.4, -0.2) is 38.0 Å². The Kier molecular flexibility index (Phi) is 4.51. The summed E-state index contributed by atoms with van der Waals surface area (Å²) in [4.78, 5) is 18.2. The highest BCUT2D eigenvalue weighted by Crippen LogP contribution is 2.21. The average Bonchev–Trinajstić information content (AvgIpc) is 2.18. The number of nitrogens with zero attached hydrogens (tertiary/aromatic N) is 2. The minimum Gasteiger partial charge on any atom is -0.476 e. The van der Waals surface area contributed by atoms with Gasteiger partial charge in [-0.05, 0) is 6.42 Å². The quantitative estimate of drug-likeness (QED) is 0.732. The third kappa shape index (κ3) is 3.85. The molecule has 6 heteroatoms. The molecule has 0 amide bonds. The average molecular weight is 228 g/mol. The van der Waals surface area contributed by atoms with Gasteiger partial charge < -0.3 is 10.2 Å². The maximum atomic E-state index is 10.5. The van der Waals surface area contributed by atoms with Crippen molar-refractivity contribution in [3.8, 4) is 0 Å². The van der Waals surface area contributed by atoms with Crippen molar-refractivity contribution in [2.75, 3.05) is 6.61 Å². The van der Waals surface area contributed by atoms with Gasteiger partial charge in [-0.3, -0.25) is 0 Å². The number of thioether (sulfide) groups is 1. The number of rotatable bonds is 5. The molecule has 0 spiro atoms. The molecule has 0 radical (unpaired) electrons. The lowest BCUT2D eigenvalue weighted by Crippen LogP contribution is -2.03. The van der Waals surface area contributed by atoms with Crippen molar-refractivity contribution in [2.45, 2.75) is 23.6 Å². The lowest BCUT2D eigenvalue weighted by atomic mass is 10.3. The largest absolute Gasteiger partial charge is 0.476 e. The number of hydrogen-bond acceptors (Lipinski definition) is 5. The molecule has 0 aromatic carbocycles. The highest BCUT2D eigenvalue weighted by Gasteiger charge is 2.08. The number of aliphatic hydroxyl groups is 1. The Morgan fingerprint density at radius 1 is 1.53 bits per heavy atom. The zero-order chi connectivity index (χ0) is 11.3. The summed E-state index contributed by atoms with van der Waals surface area (Å²) in [6.07, 6.45) is 3.34. The Morgan fingerprint density at radius 2 is 2.27 bits per heavy atom. The number of carbonyl (C=O) groups is 1. The first-order chi connectivity index (χ1) is 7.13. The molecule has 0 saturated heterocycles. The molecule has 1 rings (SSSR count). The molecule has 2 N–H and O–H groups in total. The maximum Gasteiger partial charge on any atom is 0.356 e. The monoisotopic (exact) mass is 228 g/mol. The van der Waals surface area contributed by atoms with Gasteiger partial charge in [0.15, 0.2) is 5.69 Å². The molecular formula is C9H12N2O3S. The molecule has 0 fully saturated rings. The highest BCUT2D eigenvalue weighted by molar-refractivity contribution is 7.99. The Labute approximate surface area is 91.6 Å². The van der Waals surface area contributed by atoms with E-state index in [1.165, 1.54) is 24.2 Å². The molecule has 1 atom stereocenters. The van der Waals surface area contributed by atoms with Gasteiger partial charge in [-0.1, -0.05) is 6.92 Å². The first kappa shape index (κ1) is 11.9. The van der Waals surface area contributed by atoms with E-state index < -0.39 is 5.97 Å². The van der Waals surface area contributed by atoms with Crippen molar-refractivity contribution in [3.05, 3.63) is 18.1 Å². The molecule has 82 valence electrons. The van der Waals surface area contributed by atoms with Crippen LogP contribution in [0.2, 0.25) is 0 Å². The summed E-state index contributed by atoms with van der Waals surface area (Å²) in [6, 6.07) is 0. The van der Waals surface area contributed by atoms with Gasteiger partial charge >= 0.3 is 5.97 Å². The van der Waals surface area contributed by atoms with Crippen LogP contribution in [0.1, 0.15) is 23.8 Å². The zero-order valence-corrected chi connectivity index (χ0v) is 9.07. The van der Waals surface area contributed by atoms with Gasteiger partial charge in [0.05, 0.1) is 12.4 Å². The van der Waals surface area contributed by atoms with E-state index in [-0.39, 0.29) is 17.6 Å². The highest BCUT2D eigenvalue weighted by atomic mass is 32.2.